The molecule has 2 rings (SSSR count). The van der Waals surface area contributed by atoms with Gasteiger partial charge >= 0.3 is 0 Å². The van der Waals surface area contributed by atoms with Crippen molar-refractivity contribution < 1.29 is 4.79 Å². The average Bonchev–Trinajstić information content (AvgIpc) is 2.52. The molecular formula is C18H20ClNOS. The first kappa shape index (κ1) is 16.9. The summed E-state index contributed by atoms with van der Waals surface area (Å²) < 4.78 is 0. The van der Waals surface area contributed by atoms with E-state index in [0.717, 1.165) is 22.1 Å². The number of rotatable bonds is 7. The predicted octanol–water partition coefficient (Wildman–Crippen LogP) is 4.84. The van der Waals surface area contributed by atoms with Gasteiger partial charge in [0.2, 0.25) is 5.91 Å². The van der Waals surface area contributed by atoms with E-state index in [-0.39, 0.29) is 11.9 Å². The normalized spacial score (nSPS) is 11.9. The van der Waals surface area contributed by atoms with Gasteiger partial charge in [0.15, 0.2) is 0 Å². The molecule has 0 aliphatic rings. The van der Waals surface area contributed by atoms with Crippen molar-refractivity contribution in [3.05, 3.63) is 70.7 Å². The largest absolute Gasteiger partial charge is 0.350 e. The van der Waals surface area contributed by atoms with Crippen LogP contribution in [0.1, 0.15) is 30.5 Å². The molecule has 22 heavy (non-hydrogen) atoms. The summed E-state index contributed by atoms with van der Waals surface area (Å²) in [6, 6.07) is 17.9. The van der Waals surface area contributed by atoms with Crippen LogP contribution in [-0.4, -0.2) is 11.7 Å². The summed E-state index contributed by atoms with van der Waals surface area (Å²) in [7, 11) is 0. The molecule has 0 saturated carbocycles. The fraction of sp³-hybridized carbons (Fsp3) is 0.278. The van der Waals surface area contributed by atoms with Crippen LogP contribution < -0.4 is 5.32 Å². The van der Waals surface area contributed by atoms with Gasteiger partial charge in [-0.15, -0.1) is 0 Å². The van der Waals surface area contributed by atoms with Crippen molar-refractivity contribution >= 4 is 29.3 Å². The van der Waals surface area contributed by atoms with Gasteiger partial charge in [-0.3, -0.25) is 4.79 Å². The van der Waals surface area contributed by atoms with E-state index < -0.39 is 0 Å². The third kappa shape index (κ3) is 5.74. The highest BCUT2D eigenvalue weighted by molar-refractivity contribution is 7.98. The number of hydrogen-bond acceptors (Lipinski definition) is 2. The number of nitrogens with one attached hydrogen (secondary N) is 1. The summed E-state index contributed by atoms with van der Waals surface area (Å²) in [6.07, 6.45) is 0.530. The Labute approximate surface area is 141 Å². The predicted molar refractivity (Wildman–Crippen MR) is 95.2 cm³/mol. The first-order chi connectivity index (χ1) is 10.6. The Morgan fingerprint density at radius 1 is 1.18 bits per heavy atom. The molecule has 0 aliphatic carbocycles. The molecule has 0 aromatic heterocycles. The highest BCUT2D eigenvalue weighted by Crippen LogP contribution is 2.17. The number of halogens is 1. The standard InChI is InChI=1S/C18H20ClNOS/c1-14(16-7-3-2-4-8-16)20-18(21)10-11-22-13-15-6-5-9-17(19)12-15/h2-9,12,14H,10-11,13H2,1H3,(H,20,21)/t14-/m1/s1. The van der Waals surface area contributed by atoms with Gasteiger partial charge < -0.3 is 5.32 Å². The fourth-order valence-electron chi connectivity index (χ4n) is 2.12. The van der Waals surface area contributed by atoms with Crippen molar-refractivity contribution in [1.29, 1.82) is 0 Å². The molecule has 2 aromatic rings. The van der Waals surface area contributed by atoms with Gasteiger partial charge in [-0.05, 0) is 30.2 Å². The lowest BCUT2D eigenvalue weighted by atomic mass is 10.1. The van der Waals surface area contributed by atoms with Gasteiger partial charge in [0.05, 0.1) is 6.04 Å². The van der Waals surface area contributed by atoms with Gasteiger partial charge in [-0.25, -0.2) is 0 Å². The molecule has 0 spiro atoms. The van der Waals surface area contributed by atoms with Gasteiger partial charge in [0.1, 0.15) is 0 Å². The van der Waals surface area contributed by atoms with Crippen molar-refractivity contribution in [2.45, 2.75) is 25.1 Å². The van der Waals surface area contributed by atoms with Crippen molar-refractivity contribution in [1.82, 2.24) is 5.32 Å². The summed E-state index contributed by atoms with van der Waals surface area (Å²) in [6.45, 7) is 2.01. The smallest absolute Gasteiger partial charge is 0.221 e. The second kappa shape index (κ2) is 8.86. The van der Waals surface area contributed by atoms with E-state index in [0.29, 0.717) is 6.42 Å². The van der Waals surface area contributed by atoms with E-state index in [1.807, 2.05) is 55.5 Å². The topological polar surface area (TPSA) is 29.1 Å². The Balaban J connectivity index is 1.68. The molecular weight excluding hydrogens is 314 g/mol. The Bertz CT molecular complexity index is 603. The zero-order valence-electron chi connectivity index (χ0n) is 12.6. The van der Waals surface area contributed by atoms with E-state index >= 15 is 0 Å². The molecule has 116 valence electrons. The first-order valence-corrected chi connectivity index (χ1v) is 8.85. The summed E-state index contributed by atoms with van der Waals surface area (Å²) in [5.41, 5.74) is 2.32. The maximum atomic E-state index is 11.9. The van der Waals surface area contributed by atoms with E-state index in [1.165, 1.54) is 5.56 Å². The summed E-state index contributed by atoms with van der Waals surface area (Å²) >= 11 is 7.70. The van der Waals surface area contributed by atoms with Crippen LogP contribution in [-0.2, 0) is 10.5 Å². The minimum atomic E-state index is 0.0478. The van der Waals surface area contributed by atoms with E-state index in [9.17, 15) is 4.79 Å². The lowest BCUT2D eigenvalue weighted by Crippen LogP contribution is -2.26. The second-order valence-electron chi connectivity index (χ2n) is 5.13. The van der Waals surface area contributed by atoms with Crippen LogP contribution in [0.15, 0.2) is 54.6 Å². The minimum Gasteiger partial charge on any atom is -0.350 e. The van der Waals surface area contributed by atoms with Crippen LogP contribution in [0.5, 0.6) is 0 Å². The van der Waals surface area contributed by atoms with Crippen molar-refractivity contribution in [3.8, 4) is 0 Å². The molecule has 0 fully saturated rings. The lowest BCUT2D eigenvalue weighted by molar-refractivity contribution is -0.121. The maximum Gasteiger partial charge on any atom is 0.221 e. The quantitative estimate of drug-likeness (QED) is 0.734. The SMILES string of the molecule is C[C@@H](NC(=O)CCSCc1cccc(Cl)c1)c1ccccc1. The first-order valence-electron chi connectivity index (χ1n) is 7.31. The van der Waals surface area contributed by atoms with Gasteiger partial charge in [-0.2, -0.15) is 11.8 Å². The number of carbonyl (C=O) groups is 1. The third-order valence-electron chi connectivity index (χ3n) is 3.31. The van der Waals surface area contributed by atoms with Crippen LogP contribution >= 0.6 is 23.4 Å². The maximum absolute atomic E-state index is 11.9. The second-order valence-corrected chi connectivity index (χ2v) is 6.67. The van der Waals surface area contributed by atoms with E-state index in [2.05, 4.69) is 11.4 Å². The Morgan fingerprint density at radius 3 is 2.68 bits per heavy atom. The monoisotopic (exact) mass is 333 g/mol. The number of thioether (sulfide) groups is 1. The molecule has 1 N–H and O–H groups in total. The summed E-state index contributed by atoms with van der Waals surface area (Å²) in [4.78, 5) is 11.9. The molecule has 1 atom stereocenters. The van der Waals surface area contributed by atoms with Crippen LogP contribution in [0.4, 0.5) is 0 Å². The van der Waals surface area contributed by atoms with Crippen LogP contribution in [0.2, 0.25) is 5.02 Å². The van der Waals surface area contributed by atoms with Gasteiger partial charge in [0, 0.05) is 22.9 Å². The molecule has 0 aliphatic heterocycles. The zero-order valence-corrected chi connectivity index (χ0v) is 14.2. The molecule has 4 heteroatoms. The number of amides is 1. The van der Waals surface area contributed by atoms with Gasteiger partial charge in [0.25, 0.3) is 0 Å². The molecule has 0 bridgehead atoms. The van der Waals surface area contributed by atoms with Crippen molar-refractivity contribution in [3.63, 3.8) is 0 Å². The highest BCUT2D eigenvalue weighted by atomic mass is 35.5. The number of carbonyl (C=O) groups excluding carboxylic acids is 1. The van der Waals surface area contributed by atoms with Crippen molar-refractivity contribution in [2.24, 2.45) is 0 Å². The van der Waals surface area contributed by atoms with Crippen LogP contribution in [0.25, 0.3) is 0 Å². The lowest BCUT2D eigenvalue weighted by Gasteiger charge is -2.14. The van der Waals surface area contributed by atoms with Crippen molar-refractivity contribution in [2.75, 3.05) is 5.75 Å². The Hall–Kier alpha value is -1.45. The number of benzene rings is 2. The molecule has 0 heterocycles. The highest BCUT2D eigenvalue weighted by Gasteiger charge is 2.08. The van der Waals surface area contributed by atoms with E-state index in [4.69, 9.17) is 11.6 Å². The molecule has 0 radical (unpaired) electrons. The summed E-state index contributed by atoms with van der Waals surface area (Å²) in [5, 5.41) is 3.79. The molecule has 0 saturated heterocycles. The zero-order chi connectivity index (χ0) is 15.8. The molecule has 1 amide bonds. The summed E-state index contributed by atoms with van der Waals surface area (Å²) in [5.74, 6) is 1.78. The average molecular weight is 334 g/mol. The van der Waals surface area contributed by atoms with Crippen LogP contribution in [0.3, 0.4) is 0 Å². The fourth-order valence-corrected chi connectivity index (χ4v) is 3.22. The van der Waals surface area contributed by atoms with Crippen LogP contribution in [0, 0.1) is 0 Å². The number of hydrogen-bond donors (Lipinski definition) is 1. The Morgan fingerprint density at radius 2 is 1.95 bits per heavy atom. The third-order valence-corrected chi connectivity index (χ3v) is 4.57. The Kier molecular flexibility index (Phi) is 6.81. The van der Waals surface area contributed by atoms with E-state index in [1.54, 1.807) is 11.8 Å². The molecule has 0 unspecified atom stereocenters. The molecule has 2 aromatic carbocycles. The molecule has 2 nitrogen and oxygen atoms in total. The van der Waals surface area contributed by atoms with Gasteiger partial charge in [-0.1, -0.05) is 54.1 Å². The minimum absolute atomic E-state index is 0.0478.